The van der Waals surface area contributed by atoms with Gasteiger partial charge in [-0.2, -0.15) is 0 Å². The van der Waals surface area contributed by atoms with Gasteiger partial charge in [0.05, 0.1) is 11.5 Å². The minimum Gasteiger partial charge on any atom is -0.480 e. The van der Waals surface area contributed by atoms with Crippen molar-refractivity contribution in [3.63, 3.8) is 0 Å². The van der Waals surface area contributed by atoms with Crippen molar-refractivity contribution in [2.45, 2.75) is 13.0 Å². The first kappa shape index (κ1) is 14.8. The number of carboxylic acid groups (broad SMARTS) is 1. The number of aliphatic hydroxyl groups excluding tert-OH is 1. The third-order valence-electron chi connectivity index (χ3n) is 2.63. The normalized spacial score (nSPS) is 18.9. The van der Waals surface area contributed by atoms with E-state index in [2.05, 4.69) is 0 Å². The number of furan rings is 1. The lowest BCUT2D eigenvalue weighted by Gasteiger charge is -2.20. The van der Waals surface area contributed by atoms with Crippen LogP contribution >= 0.6 is 24.0 Å². The molecule has 1 amide bonds. The third-order valence-corrected chi connectivity index (χ3v) is 3.96. The van der Waals surface area contributed by atoms with Crippen LogP contribution in [0.1, 0.15) is 11.5 Å². The Labute approximate surface area is 124 Å². The van der Waals surface area contributed by atoms with Crippen LogP contribution in [0.2, 0.25) is 0 Å². The summed E-state index contributed by atoms with van der Waals surface area (Å²) in [7, 11) is 0. The van der Waals surface area contributed by atoms with Crippen molar-refractivity contribution >= 4 is 46.3 Å². The van der Waals surface area contributed by atoms with Crippen molar-refractivity contribution in [3.05, 3.63) is 28.6 Å². The lowest BCUT2D eigenvalue weighted by atomic mass is 10.2. The first-order chi connectivity index (χ1) is 9.43. The maximum absolute atomic E-state index is 12.2. The number of aliphatic carboxylic acids is 1. The van der Waals surface area contributed by atoms with Gasteiger partial charge in [-0.05, 0) is 19.1 Å². The Hall–Kier alpha value is -1.64. The summed E-state index contributed by atoms with van der Waals surface area (Å²) in [6.45, 7) is 1.07. The van der Waals surface area contributed by atoms with Gasteiger partial charge in [-0.3, -0.25) is 9.69 Å². The van der Waals surface area contributed by atoms with Crippen LogP contribution in [0.3, 0.4) is 0 Å². The lowest BCUT2D eigenvalue weighted by molar-refractivity contribution is -0.146. The molecule has 0 bridgehead atoms. The molecule has 8 heteroatoms. The number of carbonyl (C=O) groups is 2. The molecule has 106 valence electrons. The van der Waals surface area contributed by atoms with E-state index in [0.717, 1.165) is 16.7 Å². The van der Waals surface area contributed by atoms with Crippen LogP contribution in [0.4, 0.5) is 0 Å². The van der Waals surface area contributed by atoms with Crippen LogP contribution in [0.15, 0.2) is 21.5 Å². The summed E-state index contributed by atoms with van der Waals surface area (Å²) in [6, 6.07) is 2.08. The predicted octanol–water partition coefficient (Wildman–Crippen LogP) is 1.23. The molecule has 2 heterocycles. The van der Waals surface area contributed by atoms with Crippen LogP contribution in [0, 0.1) is 6.92 Å². The molecule has 2 N–H and O–H groups in total. The van der Waals surface area contributed by atoms with E-state index in [0.29, 0.717) is 11.5 Å². The van der Waals surface area contributed by atoms with E-state index in [-0.39, 0.29) is 9.23 Å². The maximum Gasteiger partial charge on any atom is 0.329 e. The zero-order valence-corrected chi connectivity index (χ0v) is 12.0. The van der Waals surface area contributed by atoms with Gasteiger partial charge >= 0.3 is 5.97 Å². The highest BCUT2D eigenvalue weighted by Crippen LogP contribution is 2.34. The summed E-state index contributed by atoms with van der Waals surface area (Å²) in [6.07, 6.45) is 1.50. The van der Waals surface area contributed by atoms with Crippen molar-refractivity contribution in [1.82, 2.24) is 4.90 Å². The molecule has 0 radical (unpaired) electrons. The fourth-order valence-corrected chi connectivity index (χ4v) is 3.02. The van der Waals surface area contributed by atoms with Crippen LogP contribution in [0.5, 0.6) is 0 Å². The van der Waals surface area contributed by atoms with Crippen LogP contribution < -0.4 is 0 Å². The molecule has 0 spiro atoms. The molecule has 1 aromatic heterocycles. The van der Waals surface area contributed by atoms with E-state index in [1.54, 1.807) is 19.1 Å². The van der Waals surface area contributed by atoms with Gasteiger partial charge in [0, 0.05) is 6.08 Å². The number of nitrogens with zero attached hydrogens (tertiary/aromatic N) is 1. The molecule has 1 unspecified atom stereocenters. The number of hydrogen-bond donors (Lipinski definition) is 2. The zero-order valence-electron chi connectivity index (χ0n) is 10.4. The van der Waals surface area contributed by atoms with E-state index in [4.69, 9.17) is 26.8 Å². The number of amides is 1. The Kier molecular flexibility index (Phi) is 4.26. The van der Waals surface area contributed by atoms with Gasteiger partial charge in [0.25, 0.3) is 5.91 Å². The van der Waals surface area contributed by atoms with Crippen LogP contribution in [0.25, 0.3) is 6.08 Å². The number of hydrogen-bond acceptors (Lipinski definition) is 6. The summed E-state index contributed by atoms with van der Waals surface area (Å²) in [5, 5.41) is 18.1. The number of thioether (sulfide) groups is 1. The van der Waals surface area contributed by atoms with Crippen LogP contribution in [-0.4, -0.2) is 44.0 Å². The SMILES string of the molecule is Cc1ccc(C=C2SC(=S)N(C(CO)C(=O)O)C2=O)o1. The summed E-state index contributed by atoms with van der Waals surface area (Å²) >= 11 is 5.98. The number of rotatable bonds is 4. The number of carboxylic acids is 1. The van der Waals surface area contributed by atoms with E-state index < -0.39 is 24.5 Å². The molecule has 1 saturated heterocycles. The number of aliphatic hydroxyl groups is 1. The van der Waals surface area contributed by atoms with Crippen molar-refractivity contribution in [3.8, 4) is 0 Å². The quantitative estimate of drug-likeness (QED) is 0.638. The fourth-order valence-electron chi connectivity index (χ4n) is 1.68. The van der Waals surface area contributed by atoms with Gasteiger partial charge in [-0.25, -0.2) is 4.79 Å². The summed E-state index contributed by atoms with van der Waals surface area (Å²) < 4.78 is 5.43. The highest BCUT2D eigenvalue weighted by atomic mass is 32.2. The van der Waals surface area contributed by atoms with Gasteiger partial charge in [-0.15, -0.1) is 0 Å². The second-order valence-electron chi connectivity index (χ2n) is 4.04. The Balaban J connectivity index is 2.29. The average molecular weight is 313 g/mol. The van der Waals surface area contributed by atoms with Gasteiger partial charge < -0.3 is 14.6 Å². The molecule has 1 fully saturated rings. The fraction of sp³-hybridized carbons (Fsp3) is 0.250. The zero-order chi connectivity index (χ0) is 14.9. The first-order valence-electron chi connectivity index (χ1n) is 5.61. The van der Waals surface area contributed by atoms with E-state index >= 15 is 0 Å². The minimum absolute atomic E-state index is 0.103. The summed E-state index contributed by atoms with van der Waals surface area (Å²) in [4.78, 5) is 24.4. The molecule has 20 heavy (non-hydrogen) atoms. The maximum atomic E-state index is 12.2. The summed E-state index contributed by atoms with van der Waals surface area (Å²) in [5.41, 5.74) is 0. The van der Waals surface area contributed by atoms with Crippen molar-refractivity contribution in [2.24, 2.45) is 0 Å². The monoisotopic (exact) mass is 313 g/mol. The third kappa shape index (κ3) is 2.77. The molecule has 2 rings (SSSR count). The van der Waals surface area contributed by atoms with E-state index in [9.17, 15) is 9.59 Å². The standard InChI is InChI=1S/C12H11NO5S2/c1-6-2-3-7(18-6)4-9-10(15)13(12(19)20-9)8(5-14)11(16)17/h2-4,8,14H,5H2,1H3,(H,16,17). The van der Waals surface area contributed by atoms with Gasteiger partial charge in [0.15, 0.2) is 6.04 Å². The molecule has 1 aliphatic heterocycles. The number of carbonyl (C=O) groups excluding carboxylic acids is 1. The molecular formula is C12H11NO5S2. The molecule has 6 nitrogen and oxygen atoms in total. The second kappa shape index (κ2) is 5.78. The lowest BCUT2D eigenvalue weighted by Crippen LogP contribution is -2.46. The molecule has 1 aliphatic rings. The minimum atomic E-state index is -1.37. The topological polar surface area (TPSA) is 91.0 Å². The van der Waals surface area contributed by atoms with E-state index in [1.165, 1.54) is 6.08 Å². The highest BCUT2D eigenvalue weighted by molar-refractivity contribution is 8.26. The Morgan fingerprint density at radius 1 is 1.60 bits per heavy atom. The average Bonchev–Trinajstić information content (AvgIpc) is 2.89. The van der Waals surface area contributed by atoms with Crippen molar-refractivity contribution in [1.29, 1.82) is 0 Å². The highest BCUT2D eigenvalue weighted by Gasteiger charge is 2.40. The Morgan fingerprint density at radius 3 is 2.80 bits per heavy atom. The first-order valence-corrected chi connectivity index (χ1v) is 6.83. The molecule has 0 aromatic carbocycles. The van der Waals surface area contributed by atoms with Crippen LogP contribution in [-0.2, 0) is 9.59 Å². The van der Waals surface area contributed by atoms with Crippen molar-refractivity contribution < 1.29 is 24.2 Å². The molecule has 1 aromatic rings. The predicted molar refractivity (Wildman–Crippen MR) is 77.0 cm³/mol. The Bertz CT molecular complexity index is 607. The smallest absolute Gasteiger partial charge is 0.329 e. The largest absolute Gasteiger partial charge is 0.480 e. The number of aryl methyl sites for hydroxylation is 1. The van der Waals surface area contributed by atoms with Gasteiger partial charge in [-0.1, -0.05) is 24.0 Å². The summed E-state index contributed by atoms with van der Waals surface area (Å²) in [5.74, 6) is -0.668. The number of thiocarbonyl (C=S) groups is 1. The molecule has 1 atom stereocenters. The molecule has 0 aliphatic carbocycles. The second-order valence-corrected chi connectivity index (χ2v) is 5.71. The van der Waals surface area contributed by atoms with E-state index in [1.807, 2.05) is 0 Å². The van der Waals surface area contributed by atoms with Crippen molar-refractivity contribution in [2.75, 3.05) is 6.61 Å². The molecular weight excluding hydrogens is 302 g/mol. The van der Waals surface area contributed by atoms with Gasteiger partial charge in [0.2, 0.25) is 0 Å². The van der Waals surface area contributed by atoms with Gasteiger partial charge in [0.1, 0.15) is 15.8 Å². The Morgan fingerprint density at radius 2 is 2.30 bits per heavy atom. The molecule has 0 saturated carbocycles.